The van der Waals surface area contributed by atoms with Gasteiger partial charge in [-0.25, -0.2) is 0 Å². The lowest BCUT2D eigenvalue weighted by Gasteiger charge is -2.19. The third-order valence-corrected chi connectivity index (χ3v) is 4.97. The van der Waals surface area contributed by atoms with E-state index in [2.05, 4.69) is 40.7 Å². The largest absolute Gasteiger partial charge is 0.330 e. The molecule has 1 aromatic rings. The summed E-state index contributed by atoms with van der Waals surface area (Å²) in [7, 11) is 0. The van der Waals surface area contributed by atoms with Crippen molar-refractivity contribution in [2.75, 3.05) is 6.54 Å². The molecule has 18 heavy (non-hydrogen) atoms. The van der Waals surface area contributed by atoms with E-state index in [-0.39, 0.29) is 11.0 Å². The second kappa shape index (κ2) is 5.72. The SMILES string of the molecule is CC(C)(C)c1sc(C(C)(C)N)cc1CCCCN. The first-order valence-electron chi connectivity index (χ1n) is 6.79. The van der Waals surface area contributed by atoms with Gasteiger partial charge in [-0.1, -0.05) is 20.8 Å². The Morgan fingerprint density at radius 3 is 2.17 bits per heavy atom. The van der Waals surface area contributed by atoms with Crippen LogP contribution < -0.4 is 11.5 Å². The molecule has 1 rings (SSSR count). The summed E-state index contributed by atoms with van der Waals surface area (Å²) in [5, 5.41) is 0. The molecule has 0 aliphatic rings. The summed E-state index contributed by atoms with van der Waals surface area (Å²) in [5.41, 5.74) is 13.2. The molecule has 0 aromatic carbocycles. The number of thiophene rings is 1. The Morgan fingerprint density at radius 1 is 1.11 bits per heavy atom. The van der Waals surface area contributed by atoms with E-state index in [4.69, 9.17) is 11.5 Å². The molecule has 0 atom stereocenters. The third kappa shape index (κ3) is 4.08. The molecule has 4 N–H and O–H groups in total. The highest BCUT2D eigenvalue weighted by Crippen LogP contribution is 2.37. The van der Waals surface area contributed by atoms with Crippen LogP contribution in [-0.4, -0.2) is 6.54 Å². The van der Waals surface area contributed by atoms with Gasteiger partial charge in [0, 0.05) is 15.3 Å². The number of aryl methyl sites for hydroxylation is 1. The number of unbranched alkanes of at least 4 members (excludes halogenated alkanes) is 1. The Kier molecular flexibility index (Phi) is 4.98. The molecule has 0 aliphatic heterocycles. The number of nitrogens with two attached hydrogens (primary N) is 2. The Balaban J connectivity index is 3.02. The van der Waals surface area contributed by atoms with Crippen molar-refractivity contribution in [3.8, 4) is 0 Å². The summed E-state index contributed by atoms with van der Waals surface area (Å²) < 4.78 is 0. The van der Waals surface area contributed by atoms with Gasteiger partial charge in [-0.3, -0.25) is 0 Å². The first kappa shape index (κ1) is 15.7. The highest BCUT2D eigenvalue weighted by Gasteiger charge is 2.25. The van der Waals surface area contributed by atoms with E-state index >= 15 is 0 Å². The van der Waals surface area contributed by atoms with Crippen LogP contribution in [0.4, 0.5) is 0 Å². The molecule has 0 bridgehead atoms. The quantitative estimate of drug-likeness (QED) is 0.803. The fourth-order valence-corrected chi connectivity index (χ4v) is 3.31. The molecular weight excluding hydrogens is 240 g/mol. The standard InChI is InChI=1S/C15H28N2S/c1-14(2,3)13-11(8-6-7-9-16)10-12(18-13)15(4,5)17/h10H,6-9,16-17H2,1-5H3. The lowest BCUT2D eigenvalue weighted by Crippen LogP contribution is -2.27. The van der Waals surface area contributed by atoms with Gasteiger partial charge in [0.05, 0.1) is 0 Å². The van der Waals surface area contributed by atoms with E-state index in [0.717, 1.165) is 19.4 Å². The van der Waals surface area contributed by atoms with Crippen molar-refractivity contribution >= 4 is 11.3 Å². The zero-order valence-corrected chi connectivity index (χ0v) is 13.3. The molecule has 0 saturated carbocycles. The normalized spacial score (nSPS) is 13.1. The van der Waals surface area contributed by atoms with E-state index in [0.29, 0.717) is 0 Å². The zero-order chi connectivity index (χ0) is 14.0. The van der Waals surface area contributed by atoms with Crippen molar-refractivity contribution in [3.05, 3.63) is 21.4 Å². The molecule has 2 nitrogen and oxygen atoms in total. The first-order chi connectivity index (χ1) is 8.16. The van der Waals surface area contributed by atoms with Crippen LogP contribution in [0.25, 0.3) is 0 Å². The van der Waals surface area contributed by atoms with Crippen LogP contribution in [0.3, 0.4) is 0 Å². The van der Waals surface area contributed by atoms with Gasteiger partial charge in [0.15, 0.2) is 0 Å². The molecule has 0 saturated heterocycles. The Bertz CT molecular complexity index is 380. The van der Waals surface area contributed by atoms with Gasteiger partial charge in [-0.05, 0) is 56.7 Å². The molecule has 1 heterocycles. The topological polar surface area (TPSA) is 52.0 Å². The second-order valence-electron chi connectivity index (χ2n) is 6.68. The van der Waals surface area contributed by atoms with Crippen LogP contribution in [0, 0.1) is 0 Å². The fraction of sp³-hybridized carbons (Fsp3) is 0.733. The van der Waals surface area contributed by atoms with Gasteiger partial charge < -0.3 is 11.5 Å². The molecule has 1 aromatic heterocycles. The maximum atomic E-state index is 6.23. The van der Waals surface area contributed by atoms with E-state index < -0.39 is 0 Å². The van der Waals surface area contributed by atoms with E-state index in [1.807, 2.05) is 11.3 Å². The monoisotopic (exact) mass is 268 g/mol. The molecule has 3 heteroatoms. The highest BCUT2D eigenvalue weighted by molar-refractivity contribution is 7.12. The summed E-state index contributed by atoms with van der Waals surface area (Å²) in [4.78, 5) is 2.77. The molecule has 0 radical (unpaired) electrons. The van der Waals surface area contributed by atoms with Crippen LogP contribution in [0.15, 0.2) is 6.07 Å². The lowest BCUT2D eigenvalue weighted by atomic mass is 9.89. The molecule has 0 unspecified atom stereocenters. The molecule has 104 valence electrons. The average Bonchev–Trinajstić information content (AvgIpc) is 2.61. The summed E-state index contributed by atoms with van der Waals surface area (Å²) in [5.74, 6) is 0. The van der Waals surface area contributed by atoms with Crippen molar-refractivity contribution in [3.63, 3.8) is 0 Å². The van der Waals surface area contributed by atoms with Crippen LogP contribution in [0.1, 0.15) is 62.8 Å². The number of hydrogen-bond acceptors (Lipinski definition) is 3. The number of hydrogen-bond donors (Lipinski definition) is 2. The van der Waals surface area contributed by atoms with Gasteiger partial charge >= 0.3 is 0 Å². The molecule has 0 amide bonds. The van der Waals surface area contributed by atoms with E-state index in [1.165, 1.54) is 21.7 Å². The fourth-order valence-electron chi connectivity index (χ4n) is 2.03. The Morgan fingerprint density at radius 2 is 1.72 bits per heavy atom. The van der Waals surface area contributed by atoms with Crippen molar-refractivity contribution in [2.45, 2.75) is 64.8 Å². The average molecular weight is 268 g/mol. The van der Waals surface area contributed by atoms with E-state index in [9.17, 15) is 0 Å². The van der Waals surface area contributed by atoms with Crippen molar-refractivity contribution in [1.82, 2.24) is 0 Å². The second-order valence-corrected chi connectivity index (χ2v) is 7.73. The minimum Gasteiger partial charge on any atom is -0.330 e. The van der Waals surface area contributed by atoms with Gasteiger partial charge in [-0.2, -0.15) is 0 Å². The summed E-state index contributed by atoms with van der Waals surface area (Å²) in [6, 6.07) is 2.31. The lowest BCUT2D eigenvalue weighted by molar-refractivity contribution is 0.566. The third-order valence-electron chi connectivity index (χ3n) is 3.03. The molecule has 0 aliphatic carbocycles. The van der Waals surface area contributed by atoms with E-state index in [1.54, 1.807) is 0 Å². The zero-order valence-electron chi connectivity index (χ0n) is 12.5. The smallest absolute Gasteiger partial charge is 0.0446 e. The summed E-state index contributed by atoms with van der Waals surface area (Å²) >= 11 is 1.88. The maximum Gasteiger partial charge on any atom is 0.0446 e. The predicted molar refractivity (Wildman–Crippen MR) is 82.2 cm³/mol. The van der Waals surface area contributed by atoms with Crippen molar-refractivity contribution < 1.29 is 0 Å². The minimum atomic E-state index is -0.239. The first-order valence-corrected chi connectivity index (χ1v) is 7.60. The summed E-state index contributed by atoms with van der Waals surface area (Å²) in [6.07, 6.45) is 3.39. The van der Waals surface area contributed by atoms with Gasteiger partial charge in [0.1, 0.15) is 0 Å². The number of rotatable bonds is 5. The van der Waals surface area contributed by atoms with Crippen LogP contribution >= 0.6 is 11.3 Å². The Labute approximate surface area is 116 Å². The van der Waals surface area contributed by atoms with Crippen molar-refractivity contribution in [1.29, 1.82) is 0 Å². The molecule has 0 fully saturated rings. The highest BCUT2D eigenvalue weighted by atomic mass is 32.1. The van der Waals surface area contributed by atoms with Crippen LogP contribution in [0.5, 0.6) is 0 Å². The van der Waals surface area contributed by atoms with Gasteiger partial charge in [-0.15, -0.1) is 11.3 Å². The van der Waals surface area contributed by atoms with Gasteiger partial charge in [0.25, 0.3) is 0 Å². The molecule has 0 spiro atoms. The predicted octanol–water partition coefficient (Wildman–Crippen LogP) is 3.52. The van der Waals surface area contributed by atoms with Crippen molar-refractivity contribution in [2.24, 2.45) is 11.5 Å². The maximum absolute atomic E-state index is 6.23. The Hall–Kier alpha value is -0.380. The van der Waals surface area contributed by atoms with Crippen LogP contribution in [0.2, 0.25) is 0 Å². The summed E-state index contributed by atoms with van der Waals surface area (Å²) in [6.45, 7) is 11.8. The van der Waals surface area contributed by atoms with Crippen LogP contribution in [-0.2, 0) is 17.4 Å². The molecular formula is C15H28N2S. The minimum absolute atomic E-state index is 0.201. The van der Waals surface area contributed by atoms with Gasteiger partial charge in [0.2, 0.25) is 0 Å².